The van der Waals surface area contributed by atoms with Gasteiger partial charge >= 0.3 is 5.91 Å². The normalized spacial score (nSPS) is 15.6. The van der Waals surface area contributed by atoms with Crippen molar-refractivity contribution in [2.45, 2.75) is 29.7 Å². The quantitative estimate of drug-likeness (QED) is 0.0307. The van der Waals surface area contributed by atoms with Gasteiger partial charge in [-0.2, -0.15) is 0 Å². The van der Waals surface area contributed by atoms with Gasteiger partial charge in [-0.05, 0) is 60.0 Å². The topological polar surface area (TPSA) is 136 Å². The number of anilines is 1. The summed E-state index contributed by atoms with van der Waals surface area (Å²) in [4.78, 5) is 39.3. The van der Waals surface area contributed by atoms with Crippen molar-refractivity contribution in [1.82, 2.24) is 10.2 Å². The van der Waals surface area contributed by atoms with Crippen LogP contribution in [0.3, 0.4) is 0 Å². The van der Waals surface area contributed by atoms with Crippen LogP contribution < -0.4 is 9.64 Å². The molecule has 1 fully saturated rings. The summed E-state index contributed by atoms with van der Waals surface area (Å²) >= 11 is 2.36. The van der Waals surface area contributed by atoms with Crippen molar-refractivity contribution >= 4 is 51.4 Å². The van der Waals surface area contributed by atoms with Gasteiger partial charge in [-0.15, -0.1) is 10.2 Å². The van der Waals surface area contributed by atoms with Crippen LogP contribution in [0.1, 0.15) is 33.9 Å². The number of halogens is 1. The van der Waals surface area contributed by atoms with E-state index in [9.17, 15) is 29.2 Å². The summed E-state index contributed by atoms with van der Waals surface area (Å²) in [5.41, 5.74) is 2.91. The number of rotatable bonds is 10. The maximum absolute atomic E-state index is 13.6. The number of carbonyl (C=O) groups is 2. The molecule has 0 aliphatic carbocycles. The number of Topliss-reactive ketones (excluding diaryl/α,β-unsaturated/α-hetero) is 1. The van der Waals surface area contributed by atoms with E-state index in [-0.39, 0.29) is 33.3 Å². The van der Waals surface area contributed by atoms with Crippen molar-refractivity contribution in [2.75, 3.05) is 4.90 Å². The summed E-state index contributed by atoms with van der Waals surface area (Å²) in [6.45, 7) is 2.32. The van der Waals surface area contributed by atoms with Crippen LogP contribution >= 0.6 is 23.1 Å². The molecule has 0 radical (unpaired) electrons. The number of nitro benzene ring substituents is 1. The third kappa shape index (κ3) is 6.90. The van der Waals surface area contributed by atoms with Crippen LogP contribution in [0.15, 0.2) is 107 Å². The number of hydrogen-bond acceptors (Lipinski definition) is 10. The van der Waals surface area contributed by atoms with Gasteiger partial charge in [0, 0.05) is 23.4 Å². The number of amides is 1. The zero-order chi connectivity index (χ0) is 33.1. The molecular formula is C34H25FN4O6S2. The molecule has 10 nitrogen and oxygen atoms in total. The Balaban J connectivity index is 1.32. The molecule has 1 saturated heterocycles. The van der Waals surface area contributed by atoms with Gasteiger partial charge in [-0.3, -0.25) is 24.6 Å². The van der Waals surface area contributed by atoms with E-state index in [4.69, 9.17) is 4.74 Å². The number of non-ortho nitro benzene ring substituents is 1. The molecule has 1 aliphatic rings. The molecule has 1 atom stereocenters. The predicted molar refractivity (Wildman–Crippen MR) is 176 cm³/mol. The van der Waals surface area contributed by atoms with Crippen LogP contribution in [-0.2, 0) is 21.9 Å². The number of aliphatic hydroxyl groups excluding tert-OH is 1. The minimum absolute atomic E-state index is 0.0733. The number of aryl methyl sites for hydroxylation is 1. The summed E-state index contributed by atoms with van der Waals surface area (Å²) in [5.74, 6) is -1.77. The maximum Gasteiger partial charge on any atom is 0.301 e. The molecule has 0 spiro atoms. The van der Waals surface area contributed by atoms with Crippen LogP contribution in [0, 0.1) is 22.9 Å². The fraction of sp³-hybridized carbons (Fsp3) is 0.118. The lowest BCUT2D eigenvalue weighted by Crippen LogP contribution is -2.29. The average Bonchev–Trinajstić information content (AvgIpc) is 3.65. The molecule has 1 amide bonds. The summed E-state index contributed by atoms with van der Waals surface area (Å²) < 4.78 is 19.7. The van der Waals surface area contributed by atoms with E-state index in [1.807, 2.05) is 31.2 Å². The van der Waals surface area contributed by atoms with Crippen molar-refractivity contribution in [2.24, 2.45) is 0 Å². The number of carbonyl (C=O) groups excluding carboxylic acids is 2. The summed E-state index contributed by atoms with van der Waals surface area (Å²) in [5, 5.41) is 31.5. The van der Waals surface area contributed by atoms with Gasteiger partial charge in [0.25, 0.3) is 11.5 Å². The van der Waals surface area contributed by atoms with E-state index in [2.05, 4.69) is 10.2 Å². The Morgan fingerprint density at radius 2 is 1.74 bits per heavy atom. The van der Waals surface area contributed by atoms with E-state index >= 15 is 0 Å². The molecule has 0 bridgehead atoms. The van der Waals surface area contributed by atoms with E-state index in [0.29, 0.717) is 22.4 Å². The van der Waals surface area contributed by atoms with Crippen molar-refractivity contribution in [3.05, 3.63) is 146 Å². The highest BCUT2D eigenvalue weighted by Crippen LogP contribution is 2.44. The van der Waals surface area contributed by atoms with Gasteiger partial charge in [-0.1, -0.05) is 77.2 Å². The van der Waals surface area contributed by atoms with E-state index in [0.717, 1.165) is 32.9 Å². The van der Waals surface area contributed by atoms with Crippen LogP contribution in [0.2, 0.25) is 0 Å². The standard InChI is InChI=1S/C34H25FN4O6S2/c1-20-4-2-5-22(16-20)18-45-27-14-10-23(11-15-27)30(40)28-29(24-6-3-7-26(17-24)39(43)44)38(32(42)31(28)41)33-36-37-34(47-33)46-19-21-8-12-25(35)13-9-21/h2-17,29,40H,18-19H2,1H3. The molecule has 236 valence electrons. The smallest absolute Gasteiger partial charge is 0.301 e. The first kappa shape index (κ1) is 31.6. The fourth-order valence-electron chi connectivity index (χ4n) is 5.07. The molecule has 4 aromatic carbocycles. The van der Waals surface area contributed by atoms with Crippen LogP contribution in [0.5, 0.6) is 5.75 Å². The zero-order valence-electron chi connectivity index (χ0n) is 24.7. The Kier molecular flexibility index (Phi) is 9.09. The number of nitro groups is 1. The molecule has 1 aliphatic heterocycles. The first-order valence-electron chi connectivity index (χ1n) is 14.2. The second-order valence-electron chi connectivity index (χ2n) is 10.6. The van der Waals surface area contributed by atoms with Crippen molar-refractivity contribution < 1.29 is 28.7 Å². The van der Waals surface area contributed by atoms with Gasteiger partial charge < -0.3 is 9.84 Å². The van der Waals surface area contributed by atoms with Crippen LogP contribution in [-0.4, -0.2) is 31.9 Å². The van der Waals surface area contributed by atoms with Crippen molar-refractivity contribution in [3.63, 3.8) is 0 Å². The third-order valence-corrected chi connectivity index (χ3v) is 9.46. The van der Waals surface area contributed by atoms with Gasteiger partial charge in [0.05, 0.1) is 16.5 Å². The first-order chi connectivity index (χ1) is 22.7. The van der Waals surface area contributed by atoms with Gasteiger partial charge in [-0.25, -0.2) is 4.39 Å². The predicted octanol–water partition coefficient (Wildman–Crippen LogP) is 7.39. The van der Waals surface area contributed by atoms with Crippen molar-refractivity contribution in [3.8, 4) is 5.75 Å². The lowest BCUT2D eigenvalue weighted by atomic mass is 9.95. The van der Waals surface area contributed by atoms with Gasteiger partial charge in [0.15, 0.2) is 4.34 Å². The van der Waals surface area contributed by atoms with Crippen LogP contribution in [0.4, 0.5) is 15.2 Å². The highest BCUT2D eigenvalue weighted by Gasteiger charge is 2.48. The van der Waals surface area contributed by atoms with Gasteiger partial charge in [0.1, 0.15) is 23.9 Å². The van der Waals surface area contributed by atoms with E-state index in [1.54, 1.807) is 36.4 Å². The molecule has 1 unspecified atom stereocenters. The SMILES string of the molecule is Cc1cccc(COc2ccc(C(O)=C3C(=O)C(=O)N(c4nnc(SCc5ccc(F)cc5)s4)C3c3cccc([N+](=O)[O-])c3)cc2)c1. The molecule has 5 aromatic rings. The second kappa shape index (κ2) is 13.5. The highest BCUT2D eigenvalue weighted by atomic mass is 32.2. The number of ether oxygens (including phenoxy) is 1. The Labute approximate surface area is 276 Å². The molecule has 1 N–H and O–H groups in total. The van der Waals surface area contributed by atoms with E-state index < -0.39 is 28.4 Å². The molecule has 0 saturated carbocycles. The van der Waals surface area contributed by atoms with Gasteiger partial charge in [0.2, 0.25) is 5.13 Å². The molecule has 6 rings (SSSR count). The summed E-state index contributed by atoms with van der Waals surface area (Å²) in [7, 11) is 0. The fourth-order valence-corrected chi connectivity index (χ4v) is 6.89. The Bertz CT molecular complexity index is 2010. The zero-order valence-corrected chi connectivity index (χ0v) is 26.3. The molecule has 13 heteroatoms. The Hall–Kier alpha value is -5.40. The lowest BCUT2D eigenvalue weighted by molar-refractivity contribution is -0.384. The average molecular weight is 669 g/mol. The number of benzene rings is 4. The number of aromatic nitrogens is 2. The molecule has 47 heavy (non-hydrogen) atoms. The number of ketones is 1. The molecule has 2 heterocycles. The largest absolute Gasteiger partial charge is 0.507 e. The monoisotopic (exact) mass is 668 g/mol. The number of aliphatic hydroxyl groups is 1. The molecule has 1 aromatic heterocycles. The summed E-state index contributed by atoms with van der Waals surface area (Å²) in [6.07, 6.45) is 0. The van der Waals surface area contributed by atoms with E-state index in [1.165, 1.54) is 48.2 Å². The Morgan fingerprint density at radius 1 is 1.00 bits per heavy atom. The van der Waals surface area contributed by atoms with Crippen LogP contribution in [0.25, 0.3) is 5.76 Å². The minimum atomic E-state index is -1.23. The lowest BCUT2D eigenvalue weighted by Gasteiger charge is -2.22. The Morgan fingerprint density at radius 3 is 2.47 bits per heavy atom. The minimum Gasteiger partial charge on any atom is -0.507 e. The molecular weight excluding hydrogens is 644 g/mol. The highest BCUT2D eigenvalue weighted by molar-refractivity contribution is 8.00. The number of hydrogen-bond donors (Lipinski definition) is 1. The maximum atomic E-state index is 13.6. The number of thioether (sulfide) groups is 1. The van der Waals surface area contributed by atoms with Crippen molar-refractivity contribution in [1.29, 1.82) is 0 Å². The third-order valence-electron chi connectivity index (χ3n) is 7.33. The second-order valence-corrected chi connectivity index (χ2v) is 12.8. The first-order valence-corrected chi connectivity index (χ1v) is 16.0. The number of nitrogens with zero attached hydrogens (tertiary/aromatic N) is 4. The summed E-state index contributed by atoms with van der Waals surface area (Å²) in [6, 6.07) is 24.6.